The second kappa shape index (κ2) is 7.29. The molecule has 0 spiro atoms. The summed E-state index contributed by atoms with van der Waals surface area (Å²) < 4.78 is 0. The van der Waals surface area contributed by atoms with Gasteiger partial charge in [0.2, 0.25) is 0 Å². The van der Waals surface area contributed by atoms with Crippen LogP contribution in [0.4, 0.5) is 0 Å². The van der Waals surface area contributed by atoms with Gasteiger partial charge in [-0.3, -0.25) is 0 Å². The molecule has 1 aliphatic rings. The molecule has 1 N–H and O–H groups in total. The molecule has 1 fully saturated rings. The lowest BCUT2D eigenvalue weighted by molar-refractivity contribution is 0.137. The Morgan fingerprint density at radius 1 is 1.25 bits per heavy atom. The standard InChI is InChI=1S/C14H30N2/c1-12(2)10-15-7-5-8-16-9-6-13(3)14(4)11-16/h12-15H,5-11H2,1-4H3. The molecule has 1 rings (SSSR count). The van der Waals surface area contributed by atoms with Gasteiger partial charge in [-0.15, -0.1) is 0 Å². The van der Waals surface area contributed by atoms with Crippen molar-refractivity contribution in [3.63, 3.8) is 0 Å². The van der Waals surface area contributed by atoms with Crippen LogP contribution < -0.4 is 5.32 Å². The van der Waals surface area contributed by atoms with Gasteiger partial charge in [-0.25, -0.2) is 0 Å². The van der Waals surface area contributed by atoms with Crippen molar-refractivity contribution in [1.29, 1.82) is 0 Å². The Morgan fingerprint density at radius 3 is 2.62 bits per heavy atom. The van der Waals surface area contributed by atoms with Gasteiger partial charge in [0.1, 0.15) is 0 Å². The summed E-state index contributed by atoms with van der Waals surface area (Å²) in [7, 11) is 0. The first-order chi connectivity index (χ1) is 7.59. The Morgan fingerprint density at radius 2 is 2.00 bits per heavy atom. The maximum atomic E-state index is 3.52. The van der Waals surface area contributed by atoms with Gasteiger partial charge < -0.3 is 10.2 Å². The molecule has 2 nitrogen and oxygen atoms in total. The van der Waals surface area contributed by atoms with E-state index in [2.05, 4.69) is 37.9 Å². The summed E-state index contributed by atoms with van der Waals surface area (Å²) in [4.78, 5) is 2.64. The topological polar surface area (TPSA) is 15.3 Å². The summed E-state index contributed by atoms with van der Waals surface area (Å²) in [6, 6.07) is 0. The summed E-state index contributed by atoms with van der Waals surface area (Å²) in [6.45, 7) is 15.6. The van der Waals surface area contributed by atoms with Gasteiger partial charge in [-0.2, -0.15) is 0 Å². The largest absolute Gasteiger partial charge is 0.316 e. The van der Waals surface area contributed by atoms with Gasteiger partial charge in [-0.05, 0) is 56.8 Å². The average Bonchev–Trinajstić information content (AvgIpc) is 2.22. The van der Waals surface area contributed by atoms with Crippen LogP contribution in [0.1, 0.15) is 40.5 Å². The van der Waals surface area contributed by atoms with Gasteiger partial charge in [0.25, 0.3) is 0 Å². The van der Waals surface area contributed by atoms with Crippen LogP contribution in [0.25, 0.3) is 0 Å². The first-order valence-corrected chi connectivity index (χ1v) is 7.02. The smallest absolute Gasteiger partial charge is 0.000958 e. The van der Waals surface area contributed by atoms with E-state index in [4.69, 9.17) is 0 Å². The second-order valence-electron chi connectivity index (χ2n) is 6.00. The third-order valence-corrected chi connectivity index (χ3v) is 3.80. The van der Waals surface area contributed by atoms with Crippen LogP contribution in [0.3, 0.4) is 0 Å². The van der Waals surface area contributed by atoms with E-state index in [-0.39, 0.29) is 0 Å². The Bertz CT molecular complexity index is 180. The summed E-state index contributed by atoms with van der Waals surface area (Å²) in [5.74, 6) is 2.59. The quantitative estimate of drug-likeness (QED) is 0.700. The van der Waals surface area contributed by atoms with Crippen LogP contribution in [0.15, 0.2) is 0 Å². The van der Waals surface area contributed by atoms with Crippen molar-refractivity contribution < 1.29 is 0 Å². The second-order valence-corrected chi connectivity index (χ2v) is 6.00. The Kier molecular flexibility index (Phi) is 6.37. The monoisotopic (exact) mass is 226 g/mol. The highest BCUT2D eigenvalue weighted by Crippen LogP contribution is 2.22. The van der Waals surface area contributed by atoms with Crippen LogP contribution in [0.5, 0.6) is 0 Å². The summed E-state index contributed by atoms with van der Waals surface area (Å²) in [6.07, 6.45) is 2.69. The number of hydrogen-bond donors (Lipinski definition) is 1. The van der Waals surface area contributed by atoms with Gasteiger partial charge >= 0.3 is 0 Å². The number of nitrogens with one attached hydrogen (secondary N) is 1. The molecule has 2 unspecified atom stereocenters. The van der Waals surface area contributed by atoms with E-state index in [0.29, 0.717) is 0 Å². The molecule has 0 amide bonds. The van der Waals surface area contributed by atoms with Crippen molar-refractivity contribution in [2.45, 2.75) is 40.5 Å². The van der Waals surface area contributed by atoms with Crippen LogP contribution in [-0.4, -0.2) is 37.6 Å². The third kappa shape index (κ3) is 5.31. The zero-order valence-electron chi connectivity index (χ0n) is 11.6. The van der Waals surface area contributed by atoms with Gasteiger partial charge in [0, 0.05) is 6.54 Å². The van der Waals surface area contributed by atoms with Crippen molar-refractivity contribution in [2.24, 2.45) is 17.8 Å². The molecule has 0 radical (unpaired) electrons. The minimum Gasteiger partial charge on any atom is -0.316 e. The van der Waals surface area contributed by atoms with E-state index in [0.717, 1.165) is 24.3 Å². The Hall–Kier alpha value is -0.0800. The normalized spacial score (nSPS) is 27.6. The molecular weight excluding hydrogens is 196 g/mol. The minimum atomic E-state index is 0.774. The predicted octanol–water partition coefficient (Wildman–Crippen LogP) is 2.60. The lowest BCUT2D eigenvalue weighted by Crippen LogP contribution is -2.39. The maximum absolute atomic E-state index is 3.52. The van der Waals surface area contributed by atoms with Crippen molar-refractivity contribution >= 4 is 0 Å². The molecule has 2 heteroatoms. The number of likely N-dealkylation sites (tertiary alicyclic amines) is 1. The molecule has 1 heterocycles. The predicted molar refractivity (Wildman–Crippen MR) is 71.7 cm³/mol. The summed E-state index contributed by atoms with van der Waals surface area (Å²) in [5.41, 5.74) is 0. The highest BCUT2D eigenvalue weighted by atomic mass is 15.1. The average molecular weight is 226 g/mol. The molecule has 0 aromatic rings. The fraction of sp³-hybridized carbons (Fsp3) is 1.00. The van der Waals surface area contributed by atoms with E-state index < -0.39 is 0 Å². The molecule has 0 saturated carbocycles. The van der Waals surface area contributed by atoms with Gasteiger partial charge in [0.05, 0.1) is 0 Å². The number of nitrogens with zero attached hydrogens (tertiary/aromatic N) is 1. The fourth-order valence-electron chi connectivity index (χ4n) is 2.37. The van der Waals surface area contributed by atoms with Gasteiger partial charge in [0.15, 0.2) is 0 Å². The summed E-state index contributed by atoms with van der Waals surface area (Å²) in [5, 5.41) is 3.52. The highest BCUT2D eigenvalue weighted by molar-refractivity contribution is 4.75. The van der Waals surface area contributed by atoms with E-state index in [1.807, 2.05) is 0 Å². The van der Waals surface area contributed by atoms with Crippen molar-refractivity contribution in [3.8, 4) is 0 Å². The lowest BCUT2D eigenvalue weighted by atomic mass is 9.89. The molecule has 0 aromatic carbocycles. The minimum absolute atomic E-state index is 0.774. The first kappa shape index (κ1) is 14.0. The van der Waals surface area contributed by atoms with E-state index in [1.54, 1.807) is 0 Å². The summed E-state index contributed by atoms with van der Waals surface area (Å²) >= 11 is 0. The number of rotatable bonds is 6. The first-order valence-electron chi connectivity index (χ1n) is 7.02. The fourth-order valence-corrected chi connectivity index (χ4v) is 2.37. The van der Waals surface area contributed by atoms with Crippen LogP contribution in [0.2, 0.25) is 0 Å². The Labute approximate surface area is 102 Å². The van der Waals surface area contributed by atoms with Crippen molar-refractivity contribution in [2.75, 3.05) is 32.7 Å². The Balaban J connectivity index is 2.01. The van der Waals surface area contributed by atoms with Gasteiger partial charge in [-0.1, -0.05) is 27.7 Å². The molecule has 0 aromatic heterocycles. The number of hydrogen-bond acceptors (Lipinski definition) is 2. The lowest BCUT2D eigenvalue weighted by Gasteiger charge is -2.35. The molecule has 1 aliphatic heterocycles. The van der Waals surface area contributed by atoms with Crippen LogP contribution in [-0.2, 0) is 0 Å². The zero-order chi connectivity index (χ0) is 12.0. The number of piperidine rings is 1. The van der Waals surface area contributed by atoms with E-state index >= 15 is 0 Å². The molecule has 96 valence electrons. The van der Waals surface area contributed by atoms with Crippen LogP contribution >= 0.6 is 0 Å². The maximum Gasteiger partial charge on any atom is 0.000958 e. The zero-order valence-corrected chi connectivity index (χ0v) is 11.6. The van der Waals surface area contributed by atoms with E-state index in [1.165, 1.54) is 39.0 Å². The van der Waals surface area contributed by atoms with Crippen LogP contribution in [0, 0.1) is 17.8 Å². The van der Waals surface area contributed by atoms with E-state index in [9.17, 15) is 0 Å². The molecule has 1 saturated heterocycles. The molecule has 16 heavy (non-hydrogen) atoms. The molecule has 0 bridgehead atoms. The SMILES string of the molecule is CC(C)CNCCCN1CCC(C)C(C)C1. The third-order valence-electron chi connectivity index (χ3n) is 3.80. The molecule has 0 aliphatic carbocycles. The molecular formula is C14H30N2. The molecule has 2 atom stereocenters. The van der Waals surface area contributed by atoms with Crippen molar-refractivity contribution in [3.05, 3.63) is 0 Å². The highest BCUT2D eigenvalue weighted by Gasteiger charge is 2.21. The van der Waals surface area contributed by atoms with Crippen molar-refractivity contribution in [1.82, 2.24) is 10.2 Å².